The van der Waals surface area contributed by atoms with E-state index in [2.05, 4.69) is 63.9 Å². The summed E-state index contributed by atoms with van der Waals surface area (Å²) >= 11 is 0. The first kappa shape index (κ1) is 15.3. The van der Waals surface area contributed by atoms with Crippen molar-refractivity contribution in [1.29, 1.82) is 0 Å². The van der Waals surface area contributed by atoms with Crippen LogP contribution >= 0.6 is 0 Å². The van der Waals surface area contributed by atoms with Gasteiger partial charge >= 0.3 is 0 Å². The van der Waals surface area contributed by atoms with Crippen LogP contribution in [0.25, 0.3) is 0 Å². The van der Waals surface area contributed by atoms with Crippen LogP contribution in [0.1, 0.15) is 6.92 Å². The molecule has 92 valence electrons. The fourth-order valence-electron chi connectivity index (χ4n) is 2.15. The molecule has 0 aromatic heterocycles. The molecule has 0 aliphatic heterocycles. The molecular weight excluding hydrogens is 222 g/mol. The lowest BCUT2D eigenvalue weighted by Gasteiger charge is -2.50. The molecular formula is C9H27N3OSi2. The molecule has 0 spiro atoms. The van der Waals surface area contributed by atoms with Gasteiger partial charge in [0.05, 0.1) is 5.29 Å². The Morgan fingerprint density at radius 1 is 1.07 bits per heavy atom. The summed E-state index contributed by atoms with van der Waals surface area (Å²) in [7, 11) is 13.1. The van der Waals surface area contributed by atoms with Crippen LogP contribution < -0.4 is 0 Å². The van der Waals surface area contributed by atoms with Crippen molar-refractivity contribution >= 4 is 20.2 Å². The molecule has 4 nitrogen and oxygen atoms in total. The van der Waals surface area contributed by atoms with Crippen LogP contribution in [0.5, 0.6) is 0 Å². The lowest BCUT2D eigenvalue weighted by molar-refractivity contribution is 0.00617. The Hall–Kier alpha value is 0.274. The van der Waals surface area contributed by atoms with Crippen molar-refractivity contribution < 1.29 is 4.12 Å². The van der Waals surface area contributed by atoms with Gasteiger partial charge in [-0.15, -0.1) is 0 Å². The van der Waals surface area contributed by atoms with Crippen LogP contribution in [0.2, 0.25) is 0 Å². The van der Waals surface area contributed by atoms with Crippen LogP contribution in [-0.4, -0.2) is 88.6 Å². The van der Waals surface area contributed by atoms with E-state index >= 15 is 0 Å². The molecule has 0 N–H and O–H groups in total. The Labute approximate surface area is 100 Å². The predicted molar refractivity (Wildman–Crippen MR) is 72.8 cm³/mol. The van der Waals surface area contributed by atoms with E-state index in [0.29, 0.717) is 6.04 Å². The van der Waals surface area contributed by atoms with Crippen molar-refractivity contribution in [3.8, 4) is 0 Å². The zero-order valence-electron chi connectivity index (χ0n) is 11.5. The topological polar surface area (TPSA) is 19.0 Å². The molecule has 0 aromatic rings. The van der Waals surface area contributed by atoms with E-state index in [-0.39, 0.29) is 5.29 Å². The van der Waals surface area contributed by atoms with Crippen molar-refractivity contribution in [3.63, 3.8) is 0 Å². The summed E-state index contributed by atoms with van der Waals surface area (Å²) in [4.78, 5) is 6.89. The van der Waals surface area contributed by atoms with Crippen LogP contribution in [0.15, 0.2) is 0 Å². The SMILES string of the molecule is CC(N(C)C)C([SiH2]O[SiH3])(N(C)C)N(C)C. The van der Waals surface area contributed by atoms with Crippen LogP contribution in [0, 0.1) is 0 Å². The molecule has 1 unspecified atom stereocenters. The molecule has 0 radical (unpaired) electrons. The van der Waals surface area contributed by atoms with Gasteiger partial charge in [0.25, 0.3) is 0 Å². The maximum absolute atomic E-state index is 5.67. The Morgan fingerprint density at radius 3 is 1.67 bits per heavy atom. The van der Waals surface area contributed by atoms with Crippen LogP contribution in [0.3, 0.4) is 0 Å². The van der Waals surface area contributed by atoms with Gasteiger partial charge in [-0.2, -0.15) is 0 Å². The van der Waals surface area contributed by atoms with Gasteiger partial charge in [0.15, 0.2) is 9.76 Å². The molecule has 0 bridgehead atoms. The normalized spacial score (nSPS) is 16.4. The summed E-state index contributed by atoms with van der Waals surface area (Å²) < 4.78 is 5.67. The highest BCUT2D eigenvalue weighted by Crippen LogP contribution is 2.21. The molecule has 1 atom stereocenters. The molecule has 0 aromatic carbocycles. The van der Waals surface area contributed by atoms with Gasteiger partial charge in [-0.05, 0) is 49.2 Å². The number of nitrogens with zero attached hydrogens (tertiary/aromatic N) is 3. The Kier molecular flexibility index (Phi) is 6.23. The van der Waals surface area contributed by atoms with Crippen molar-refractivity contribution in [2.24, 2.45) is 0 Å². The molecule has 0 heterocycles. The molecule has 0 saturated carbocycles. The Bertz CT molecular complexity index is 180. The van der Waals surface area contributed by atoms with Gasteiger partial charge in [-0.1, -0.05) is 0 Å². The Balaban J connectivity index is 5.11. The summed E-state index contributed by atoms with van der Waals surface area (Å²) in [5.41, 5.74) is 0. The van der Waals surface area contributed by atoms with E-state index in [1.165, 1.54) is 0 Å². The molecule has 0 amide bonds. The van der Waals surface area contributed by atoms with Crippen LogP contribution in [0.4, 0.5) is 0 Å². The second-order valence-corrected chi connectivity index (χ2v) is 8.38. The minimum Gasteiger partial charge on any atom is -0.466 e. The predicted octanol–water partition coefficient (Wildman–Crippen LogP) is -1.91. The molecule has 15 heavy (non-hydrogen) atoms. The number of hydrogen-bond acceptors (Lipinski definition) is 4. The fraction of sp³-hybridized carbons (Fsp3) is 1.00. The molecule has 0 aliphatic rings. The quantitative estimate of drug-likeness (QED) is 0.404. The molecule has 0 fully saturated rings. The first-order valence-corrected chi connectivity index (χ1v) is 7.41. The van der Waals surface area contributed by atoms with Crippen LogP contribution in [-0.2, 0) is 4.12 Å². The fourth-order valence-corrected chi connectivity index (χ4v) is 4.97. The lowest BCUT2D eigenvalue weighted by Crippen LogP contribution is -2.69. The van der Waals surface area contributed by atoms with Crippen molar-refractivity contribution in [2.45, 2.75) is 18.3 Å². The maximum Gasteiger partial charge on any atom is 0.185 e. The molecule has 0 saturated heterocycles. The molecule has 6 heteroatoms. The highest BCUT2D eigenvalue weighted by Gasteiger charge is 2.42. The third kappa shape index (κ3) is 3.11. The van der Waals surface area contributed by atoms with E-state index in [9.17, 15) is 0 Å². The van der Waals surface area contributed by atoms with Gasteiger partial charge in [-0.3, -0.25) is 9.80 Å². The van der Waals surface area contributed by atoms with Gasteiger partial charge in [0.1, 0.15) is 10.5 Å². The number of rotatable bonds is 6. The zero-order chi connectivity index (χ0) is 12.2. The maximum atomic E-state index is 5.67. The molecule has 0 rings (SSSR count). The number of likely N-dealkylation sites (N-methyl/N-ethyl adjacent to an activating group) is 3. The second-order valence-electron chi connectivity index (χ2n) is 4.74. The average molecular weight is 250 g/mol. The van der Waals surface area contributed by atoms with Gasteiger partial charge in [-0.25, -0.2) is 0 Å². The van der Waals surface area contributed by atoms with E-state index < -0.39 is 9.76 Å². The summed E-state index contributed by atoms with van der Waals surface area (Å²) in [6.45, 7) is 2.27. The van der Waals surface area contributed by atoms with Gasteiger partial charge in [0.2, 0.25) is 0 Å². The van der Waals surface area contributed by atoms with Crippen molar-refractivity contribution in [2.75, 3.05) is 42.3 Å². The summed E-state index contributed by atoms with van der Waals surface area (Å²) in [5.74, 6) is 0. The monoisotopic (exact) mass is 249 g/mol. The first-order valence-electron chi connectivity index (χ1n) is 5.31. The second kappa shape index (κ2) is 6.12. The van der Waals surface area contributed by atoms with Gasteiger partial charge in [0, 0.05) is 6.04 Å². The van der Waals surface area contributed by atoms with Crippen molar-refractivity contribution in [1.82, 2.24) is 14.7 Å². The summed E-state index contributed by atoms with van der Waals surface area (Å²) in [5, 5.41) is 0.0747. The summed E-state index contributed by atoms with van der Waals surface area (Å²) in [6, 6.07) is 0.461. The first-order chi connectivity index (χ1) is 6.80. The Morgan fingerprint density at radius 2 is 1.47 bits per heavy atom. The third-order valence-corrected chi connectivity index (χ3v) is 6.78. The summed E-state index contributed by atoms with van der Waals surface area (Å²) in [6.07, 6.45) is 0. The highest BCUT2D eigenvalue weighted by atomic mass is 28.3. The third-order valence-electron chi connectivity index (χ3n) is 3.35. The molecule has 0 aliphatic carbocycles. The zero-order valence-corrected chi connectivity index (χ0v) is 14.9. The number of hydrogen-bond donors (Lipinski definition) is 0. The minimum atomic E-state index is -0.584. The standard InChI is InChI=1S/C9H27N3OSi2/c1-8(10(2)3)9(11(4)5,12(6)7)15-13-14/h8H,15H2,1-7,14H3. The minimum absolute atomic E-state index is 0.0747. The van der Waals surface area contributed by atoms with E-state index in [0.717, 1.165) is 10.5 Å². The lowest BCUT2D eigenvalue weighted by atomic mass is 10.2. The van der Waals surface area contributed by atoms with E-state index in [4.69, 9.17) is 4.12 Å². The largest absolute Gasteiger partial charge is 0.466 e. The van der Waals surface area contributed by atoms with E-state index in [1.807, 2.05) is 0 Å². The van der Waals surface area contributed by atoms with Crippen molar-refractivity contribution in [3.05, 3.63) is 0 Å². The van der Waals surface area contributed by atoms with E-state index in [1.54, 1.807) is 0 Å². The van der Waals surface area contributed by atoms with Gasteiger partial charge < -0.3 is 9.02 Å². The highest BCUT2D eigenvalue weighted by molar-refractivity contribution is 6.38. The average Bonchev–Trinajstić information content (AvgIpc) is 2.11. The smallest absolute Gasteiger partial charge is 0.185 e.